The van der Waals surface area contributed by atoms with Crippen LogP contribution in [0.5, 0.6) is 5.75 Å². The van der Waals surface area contributed by atoms with Gasteiger partial charge in [0.1, 0.15) is 5.82 Å². The molecule has 66 valence electrons. The van der Waals surface area contributed by atoms with E-state index in [9.17, 15) is 9.50 Å². The molecule has 1 aromatic heterocycles. The van der Waals surface area contributed by atoms with Crippen LogP contribution >= 0.6 is 0 Å². The van der Waals surface area contributed by atoms with Crippen LogP contribution in [0.15, 0.2) is 30.6 Å². The van der Waals surface area contributed by atoms with Crippen LogP contribution in [-0.4, -0.2) is 15.1 Å². The summed E-state index contributed by atoms with van der Waals surface area (Å²) in [6.07, 6.45) is 3.15. The molecule has 0 radical (unpaired) electrons. The Morgan fingerprint density at radius 2 is 2.23 bits per heavy atom. The Morgan fingerprint density at radius 1 is 1.38 bits per heavy atom. The number of phenols is 1. The maximum absolute atomic E-state index is 12.9. The highest BCUT2D eigenvalue weighted by Crippen LogP contribution is 2.28. The van der Waals surface area contributed by atoms with E-state index in [0.29, 0.717) is 11.4 Å². The molecule has 2 rings (SSSR count). The molecule has 0 saturated carbocycles. The Bertz CT molecular complexity index is 412. The first-order chi connectivity index (χ1) is 6.29. The summed E-state index contributed by atoms with van der Waals surface area (Å²) in [7, 11) is 0. The van der Waals surface area contributed by atoms with Crippen LogP contribution in [0, 0.1) is 5.82 Å². The van der Waals surface area contributed by atoms with Crippen LogP contribution in [0.1, 0.15) is 0 Å². The van der Waals surface area contributed by atoms with Crippen LogP contribution in [-0.2, 0) is 0 Å². The lowest BCUT2D eigenvalue weighted by atomic mass is 10.2. The molecule has 0 saturated heterocycles. The molecule has 0 bridgehead atoms. The summed E-state index contributed by atoms with van der Waals surface area (Å²) in [5.74, 6) is -0.566. The number of hydrogen-bond donors (Lipinski definition) is 2. The number of aromatic nitrogens is 2. The Hall–Kier alpha value is -1.84. The molecule has 0 fully saturated rings. The van der Waals surface area contributed by atoms with Crippen LogP contribution < -0.4 is 0 Å². The van der Waals surface area contributed by atoms with E-state index >= 15 is 0 Å². The third kappa shape index (κ3) is 1.26. The highest BCUT2D eigenvalue weighted by atomic mass is 19.1. The van der Waals surface area contributed by atoms with Gasteiger partial charge in [-0.25, -0.2) is 9.37 Å². The van der Waals surface area contributed by atoms with Crippen molar-refractivity contribution in [2.75, 3.05) is 0 Å². The van der Waals surface area contributed by atoms with Crippen molar-refractivity contribution in [1.29, 1.82) is 0 Å². The van der Waals surface area contributed by atoms with E-state index in [2.05, 4.69) is 9.97 Å². The second-order valence-corrected chi connectivity index (χ2v) is 2.57. The van der Waals surface area contributed by atoms with Crippen molar-refractivity contribution in [3.63, 3.8) is 0 Å². The first kappa shape index (κ1) is 7.79. The standard InChI is InChI=1S/C9H7FN2O/c10-7-3-1-2-6(8(7)13)9-11-4-5-12-9/h1-5,13H,(H,11,12). The molecule has 0 spiro atoms. The largest absolute Gasteiger partial charge is 0.504 e. The minimum Gasteiger partial charge on any atom is -0.504 e. The van der Waals surface area contributed by atoms with Gasteiger partial charge in [-0.2, -0.15) is 0 Å². The molecule has 0 aliphatic heterocycles. The smallest absolute Gasteiger partial charge is 0.165 e. The number of nitrogens with zero attached hydrogens (tertiary/aromatic N) is 1. The van der Waals surface area contributed by atoms with Crippen LogP contribution in [0.25, 0.3) is 11.4 Å². The third-order valence-electron chi connectivity index (χ3n) is 1.74. The molecule has 1 heterocycles. The molecule has 2 aromatic rings. The van der Waals surface area contributed by atoms with Gasteiger partial charge >= 0.3 is 0 Å². The van der Waals surface area contributed by atoms with Gasteiger partial charge in [0.2, 0.25) is 0 Å². The summed E-state index contributed by atoms with van der Waals surface area (Å²) < 4.78 is 12.9. The Morgan fingerprint density at radius 3 is 2.92 bits per heavy atom. The zero-order chi connectivity index (χ0) is 9.26. The molecule has 0 aliphatic carbocycles. The normalized spacial score (nSPS) is 10.2. The van der Waals surface area contributed by atoms with Gasteiger partial charge in [-0.05, 0) is 12.1 Å². The number of halogens is 1. The van der Waals surface area contributed by atoms with E-state index in [1.807, 2.05) is 0 Å². The predicted octanol–water partition coefficient (Wildman–Crippen LogP) is 1.92. The maximum Gasteiger partial charge on any atom is 0.165 e. The lowest BCUT2D eigenvalue weighted by molar-refractivity contribution is 0.434. The summed E-state index contributed by atoms with van der Waals surface area (Å²) in [4.78, 5) is 6.69. The zero-order valence-corrected chi connectivity index (χ0v) is 6.66. The summed E-state index contributed by atoms with van der Waals surface area (Å²) in [5, 5.41) is 9.33. The molecule has 1 aromatic carbocycles. The highest BCUT2D eigenvalue weighted by Gasteiger charge is 2.09. The fraction of sp³-hybridized carbons (Fsp3) is 0. The molecule has 2 N–H and O–H groups in total. The SMILES string of the molecule is Oc1c(F)cccc1-c1ncc[nH]1. The number of phenolic OH excluding ortho intramolecular Hbond substituents is 1. The topological polar surface area (TPSA) is 48.9 Å². The molecule has 3 nitrogen and oxygen atoms in total. The van der Waals surface area contributed by atoms with E-state index < -0.39 is 5.82 Å². The van der Waals surface area contributed by atoms with Gasteiger partial charge in [-0.15, -0.1) is 0 Å². The number of nitrogens with one attached hydrogen (secondary N) is 1. The van der Waals surface area contributed by atoms with Gasteiger partial charge in [-0.1, -0.05) is 6.07 Å². The Balaban J connectivity index is 2.59. The second-order valence-electron chi connectivity index (χ2n) is 2.57. The van der Waals surface area contributed by atoms with Crippen molar-refractivity contribution < 1.29 is 9.50 Å². The molecule has 0 atom stereocenters. The summed E-state index contributed by atoms with van der Waals surface area (Å²) >= 11 is 0. The van der Waals surface area contributed by atoms with E-state index in [0.717, 1.165) is 0 Å². The average Bonchev–Trinajstić information content (AvgIpc) is 2.62. The average molecular weight is 178 g/mol. The van der Waals surface area contributed by atoms with Crippen molar-refractivity contribution in [3.8, 4) is 17.1 Å². The fourth-order valence-electron chi connectivity index (χ4n) is 1.12. The number of aromatic hydroxyl groups is 1. The number of H-pyrrole nitrogens is 1. The lowest BCUT2D eigenvalue weighted by Crippen LogP contribution is -1.84. The monoisotopic (exact) mass is 178 g/mol. The highest BCUT2D eigenvalue weighted by molar-refractivity contribution is 5.63. The maximum atomic E-state index is 12.9. The van der Waals surface area contributed by atoms with Gasteiger partial charge in [0.15, 0.2) is 11.6 Å². The molecule has 13 heavy (non-hydrogen) atoms. The predicted molar refractivity (Wildman–Crippen MR) is 45.6 cm³/mol. The summed E-state index contributed by atoms with van der Waals surface area (Å²) in [5.41, 5.74) is 0.366. The number of aromatic amines is 1. The first-order valence-electron chi connectivity index (χ1n) is 3.76. The zero-order valence-electron chi connectivity index (χ0n) is 6.66. The number of para-hydroxylation sites is 1. The number of imidazole rings is 1. The van der Waals surface area contributed by atoms with Crippen LogP contribution in [0.2, 0.25) is 0 Å². The van der Waals surface area contributed by atoms with Crippen LogP contribution in [0.3, 0.4) is 0 Å². The molecule has 0 aliphatic rings. The quantitative estimate of drug-likeness (QED) is 0.700. The molecule has 4 heteroatoms. The summed E-state index contributed by atoms with van der Waals surface area (Å²) in [6, 6.07) is 4.31. The Kier molecular flexibility index (Phi) is 1.73. The molecule has 0 unspecified atom stereocenters. The van der Waals surface area contributed by atoms with Crippen molar-refractivity contribution in [2.45, 2.75) is 0 Å². The van der Waals surface area contributed by atoms with Crippen molar-refractivity contribution in [2.24, 2.45) is 0 Å². The van der Waals surface area contributed by atoms with Crippen molar-refractivity contribution >= 4 is 0 Å². The molecule has 0 amide bonds. The van der Waals surface area contributed by atoms with Crippen molar-refractivity contribution in [1.82, 2.24) is 9.97 Å². The van der Waals surface area contributed by atoms with Gasteiger partial charge in [0.05, 0.1) is 5.56 Å². The van der Waals surface area contributed by atoms with E-state index in [1.54, 1.807) is 18.5 Å². The van der Waals surface area contributed by atoms with Gasteiger partial charge in [0.25, 0.3) is 0 Å². The van der Waals surface area contributed by atoms with E-state index in [4.69, 9.17) is 0 Å². The lowest BCUT2D eigenvalue weighted by Gasteiger charge is -2.00. The number of benzene rings is 1. The molecular formula is C9H7FN2O. The minimum atomic E-state index is -0.645. The van der Waals surface area contributed by atoms with Gasteiger partial charge < -0.3 is 10.1 Å². The van der Waals surface area contributed by atoms with Crippen LogP contribution in [0.4, 0.5) is 4.39 Å². The van der Waals surface area contributed by atoms with Gasteiger partial charge in [-0.3, -0.25) is 0 Å². The van der Waals surface area contributed by atoms with E-state index in [1.165, 1.54) is 12.1 Å². The summed E-state index contributed by atoms with van der Waals surface area (Å²) in [6.45, 7) is 0. The molecular weight excluding hydrogens is 171 g/mol. The van der Waals surface area contributed by atoms with Crippen molar-refractivity contribution in [3.05, 3.63) is 36.4 Å². The van der Waals surface area contributed by atoms with Gasteiger partial charge in [0, 0.05) is 12.4 Å². The third-order valence-corrected chi connectivity index (χ3v) is 1.74. The second kappa shape index (κ2) is 2.90. The number of hydrogen-bond acceptors (Lipinski definition) is 2. The first-order valence-corrected chi connectivity index (χ1v) is 3.76. The fourth-order valence-corrected chi connectivity index (χ4v) is 1.12. The minimum absolute atomic E-state index is 0.366. The van der Waals surface area contributed by atoms with E-state index in [-0.39, 0.29) is 5.75 Å². The Labute approximate surface area is 73.9 Å². The number of rotatable bonds is 1.